The van der Waals surface area contributed by atoms with Gasteiger partial charge in [0, 0.05) is 13.1 Å². The summed E-state index contributed by atoms with van der Waals surface area (Å²) in [6.45, 7) is 5.36. The third kappa shape index (κ3) is 35.7. The first-order chi connectivity index (χ1) is 21.4. The van der Waals surface area contributed by atoms with E-state index in [1.807, 2.05) is 0 Å². The van der Waals surface area contributed by atoms with Crippen LogP contribution in [0.25, 0.3) is 0 Å². The largest absolute Gasteiger partial charge is 0.480 e. The Bertz CT molecular complexity index is 658. The molecule has 0 aliphatic rings. The van der Waals surface area contributed by atoms with Gasteiger partial charge in [-0.15, -0.1) is 0 Å². The molecular weight excluding hydrogens is 596 g/mol. The fraction of sp³-hybridized carbons (Fsp3) is 0.846. The minimum atomic E-state index is -1.13. The molecule has 44 heavy (non-hydrogen) atoms. The van der Waals surface area contributed by atoms with Crippen molar-refractivity contribution in [2.24, 2.45) is 0 Å². The van der Waals surface area contributed by atoms with Crippen LogP contribution in [0.5, 0.6) is 0 Å². The van der Waals surface area contributed by atoms with E-state index in [2.05, 4.69) is 20.1 Å². The van der Waals surface area contributed by atoms with Crippen LogP contribution >= 0.6 is 0 Å². The lowest BCUT2D eigenvalue weighted by molar-refractivity contribution is -0.145. The van der Waals surface area contributed by atoms with Gasteiger partial charge in [0.15, 0.2) is 0 Å². The van der Waals surface area contributed by atoms with Crippen LogP contribution in [0.1, 0.15) is 0 Å². The van der Waals surface area contributed by atoms with Crippen molar-refractivity contribution in [1.29, 1.82) is 0 Å². The highest BCUT2D eigenvalue weighted by Crippen LogP contribution is 1.86. The van der Waals surface area contributed by atoms with Crippen LogP contribution < -0.4 is 10.6 Å². The van der Waals surface area contributed by atoms with Gasteiger partial charge in [0.1, 0.15) is 26.4 Å². The van der Waals surface area contributed by atoms with Crippen LogP contribution in [0.15, 0.2) is 0 Å². The Morgan fingerprint density at radius 1 is 0.341 bits per heavy atom. The number of aliphatic carboxylic acids is 2. The van der Waals surface area contributed by atoms with Gasteiger partial charge in [-0.2, -0.15) is 0 Å². The van der Waals surface area contributed by atoms with Crippen molar-refractivity contribution in [3.63, 3.8) is 0 Å². The topological polar surface area (TPSA) is 225 Å². The monoisotopic (exact) mass is 644 g/mol. The van der Waals surface area contributed by atoms with Crippen LogP contribution in [0.2, 0.25) is 0 Å². The second kappa shape index (κ2) is 33.4. The summed E-state index contributed by atoms with van der Waals surface area (Å²) in [6.07, 6.45) is 0. The third-order valence-corrected chi connectivity index (χ3v) is 4.66. The van der Waals surface area contributed by atoms with E-state index >= 15 is 0 Å². The molecular formula is C26H48N2O16. The molecule has 18 nitrogen and oxygen atoms in total. The molecule has 2 amide bonds. The molecule has 0 fully saturated rings. The lowest BCUT2D eigenvalue weighted by Crippen LogP contribution is -2.31. The fourth-order valence-electron chi connectivity index (χ4n) is 2.73. The van der Waals surface area contributed by atoms with Crippen molar-refractivity contribution in [2.45, 2.75) is 0 Å². The molecule has 0 spiro atoms. The lowest BCUT2D eigenvalue weighted by atomic mass is 10.6. The summed E-state index contributed by atoms with van der Waals surface area (Å²) in [6, 6.07) is 0. The first-order valence-corrected chi connectivity index (χ1v) is 14.2. The molecule has 0 aromatic rings. The molecule has 4 N–H and O–H groups in total. The quantitative estimate of drug-likeness (QED) is 0.0526. The molecule has 0 radical (unpaired) electrons. The summed E-state index contributed by atoms with van der Waals surface area (Å²) in [4.78, 5) is 43.2. The Morgan fingerprint density at radius 2 is 0.568 bits per heavy atom. The second-order valence-corrected chi connectivity index (χ2v) is 8.37. The molecule has 0 rings (SSSR count). The van der Waals surface area contributed by atoms with Gasteiger partial charge in [0.05, 0.1) is 106 Å². The Morgan fingerprint density at radius 3 is 0.795 bits per heavy atom. The normalized spacial score (nSPS) is 11.0. The zero-order chi connectivity index (χ0) is 32.4. The van der Waals surface area contributed by atoms with Crippen LogP contribution in [-0.2, 0) is 66.5 Å². The van der Waals surface area contributed by atoms with Crippen molar-refractivity contribution in [2.75, 3.05) is 145 Å². The number of rotatable bonds is 35. The van der Waals surface area contributed by atoms with Crippen molar-refractivity contribution < 1.29 is 76.8 Å². The Balaban J connectivity index is 3.14. The molecule has 0 aromatic carbocycles. The first-order valence-electron chi connectivity index (χ1n) is 14.2. The molecule has 18 heteroatoms. The number of nitrogens with one attached hydrogen (secondary N) is 2. The molecule has 0 aliphatic carbocycles. The van der Waals surface area contributed by atoms with E-state index in [1.54, 1.807) is 0 Å². The van der Waals surface area contributed by atoms with E-state index in [1.165, 1.54) is 0 Å². The van der Waals surface area contributed by atoms with Gasteiger partial charge in [-0.05, 0) is 0 Å². The van der Waals surface area contributed by atoms with Crippen molar-refractivity contribution in [3.8, 4) is 0 Å². The summed E-state index contributed by atoms with van der Waals surface area (Å²) >= 11 is 0. The number of carboxylic acid groups (broad SMARTS) is 2. The third-order valence-electron chi connectivity index (χ3n) is 4.66. The molecule has 0 heterocycles. The van der Waals surface area contributed by atoms with Gasteiger partial charge < -0.3 is 68.2 Å². The van der Waals surface area contributed by atoms with E-state index in [0.717, 1.165) is 0 Å². The van der Waals surface area contributed by atoms with Gasteiger partial charge in [-0.1, -0.05) is 0 Å². The summed E-state index contributed by atoms with van der Waals surface area (Å²) < 4.78 is 52.3. The van der Waals surface area contributed by atoms with Crippen LogP contribution in [-0.4, -0.2) is 179 Å². The van der Waals surface area contributed by atoms with E-state index < -0.39 is 37.0 Å². The number of ether oxygens (including phenoxy) is 10. The summed E-state index contributed by atoms with van der Waals surface area (Å²) in [5, 5.41) is 21.9. The smallest absolute Gasteiger partial charge is 0.329 e. The number of carbonyl (C=O) groups excluding carboxylic acids is 2. The van der Waals surface area contributed by atoms with Gasteiger partial charge in [-0.25, -0.2) is 9.59 Å². The maximum atomic E-state index is 11.3. The highest BCUT2D eigenvalue weighted by atomic mass is 16.6. The Labute approximate surface area is 256 Å². The van der Waals surface area contributed by atoms with Crippen LogP contribution in [0.4, 0.5) is 0 Å². The Hall–Kier alpha value is -2.52. The van der Waals surface area contributed by atoms with Crippen molar-refractivity contribution in [1.82, 2.24) is 10.6 Å². The van der Waals surface area contributed by atoms with Gasteiger partial charge in [0.2, 0.25) is 11.8 Å². The highest BCUT2D eigenvalue weighted by molar-refractivity contribution is 5.78. The van der Waals surface area contributed by atoms with Gasteiger partial charge in [-0.3, -0.25) is 9.59 Å². The minimum Gasteiger partial charge on any atom is -0.480 e. The standard InChI is InChI=1S/C26H48N2O16/c29-23(19-43-21-25(31)32)27-1-3-35-5-7-37-9-11-39-13-15-41-17-18-42-16-14-40-12-10-38-8-6-36-4-2-28-24(30)20-44-22-26(33)34/h1-22H2,(H,27,29)(H,28,30)(H,31,32)(H,33,34). The van der Waals surface area contributed by atoms with Gasteiger partial charge in [0.25, 0.3) is 0 Å². The zero-order valence-corrected chi connectivity index (χ0v) is 25.2. The average Bonchev–Trinajstić information content (AvgIpc) is 2.98. The maximum Gasteiger partial charge on any atom is 0.329 e. The molecule has 0 unspecified atom stereocenters. The van der Waals surface area contributed by atoms with E-state index in [4.69, 9.17) is 48.1 Å². The predicted octanol–water partition coefficient (Wildman–Crippen LogP) is -2.45. The number of hydrogen-bond acceptors (Lipinski definition) is 14. The molecule has 0 aromatic heterocycles. The summed E-state index contributed by atoms with van der Waals surface area (Å²) in [5.74, 6) is -3.08. The lowest BCUT2D eigenvalue weighted by Gasteiger charge is -2.09. The number of hydrogen-bond donors (Lipinski definition) is 4. The Kier molecular flexibility index (Phi) is 31.5. The van der Waals surface area contributed by atoms with Crippen molar-refractivity contribution in [3.05, 3.63) is 0 Å². The highest BCUT2D eigenvalue weighted by Gasteiger charge is 2.04. The van der Waals surface area contributed by atoms with E-state index in [9.17, 15) is 19.2 Å². The molecule has 0 saturated heterocycles. The molecule has 0 atom stereocenters. The molecule has 0 aliphatic heterocycles. The number of amides is 2. The predicted molar refractivity (Wildman–Crippen MR) is 149 cm³/mol. The first kappa shape index (κ1) is 41.5. The van der Waals surface area contributed by atoms with E-state index in [-0.39, 0.29) is 26.3 Å². The molecule has 0 bridgehead atoms. The summed E-state index contributed by atoms with van der Waals surface area (Å²) in [5.41, 5.74) is 0. The number of carbonyl (C=O) groups is 4. The summed E-state index contributed by atoms with van der Waals surface area (Å²) in [7, 11) is 0. The van der Waals surface area contributed by atoms with E-state index in [0.29, 0.717) is 106 Å². The van der Waals surface area contributed by atoms with Gasteiger partial charge >= 0.3 is 11.9 Å². The maximum absolute atomic E-state index is 11.3. The average molecular weight is 645 g/mol. The SMILES string of the molecule is O=C(O)COCC(=O)NCCOCCOCCOCCOCCOCCOCCOCCOCCNC(=O)COCC(=O)O. The van der Waals surface area contributed by atoms with Crippen LogP contribution in [0.3, 0.4) is 0 Å². The minimum absolute atomic E-state index is 0.289. The molecule has 0 saturated carbocycles. The van der Waals surface area contributed by atoms with Crippen molar-refractivity contribution >= 4 is 23.8 Å². The second-order valence-electron chi connectivity index (χ2n) is 8.37. The zero-order valence-electron chi connectivity index (χ0n) is 25.2. The van der Waals surface area contributed by atoms with Crippen LogP contribution in [0, 0.1) is 0 Å². The molecule has 258 valence electrons. The number of carboxylic acids is 2. The fourth-order valence-corrected chi connectivity index (χ4v) is 2.73.